The molecule has 1 saturated heterocycles. The number of sulfonamides is 1. The van der Waals surface area contributed by atoms with Crippen molar-refractivity contribution in [3.8, 4) is 5.75 Å². The van der Waals surface area contributed by atoms with E-state index in [1.165, 1.54) is 23.5 Å². The van der Waals surface area contributed by atoms with Crippen LogP contribution < -0.4 is 10.5 Å². The summed E-state index contributed by atoms with van der Waals surface area (Å²) in [5.74, 6) is 0.998. The van der Waals surface area contributed by atoms with E-state index in [9.17, 15) is 8.42 Å². The molecule has 0 bridgehead atoms. The minimum Gasteiger partial charge on any atom is -0.495 e. The zero-order chi connectivity index (χ0) is 15.5. The van der Waals surface area contributed by atoms with Crippen LogP contribution in [0.4, 0.5) is 0 Å². The summed E-state index contributed by atoms with van der Waals surface area (Å²) < 4.78 is 31.8. The summed E-state index contributed by atoms with van der Waals surface area (Å²) in [7, 11) is -1.99. The van der Waals surface area contributed by atoms with Crippen LogP contribution in [0.5, 0.6) is 5.75 Å². The van der Waals surface area contributed by atoms with E-state index < -0.39 is 10.0 Å². The van der Waals surface area contributed by atoms with Crippen molar-refractivity contribution in [2.24, 2.45) is 11.7 Å². The van der Waals surface area contributed by atoms with Gasteiger partial charge in [-0.25, -0.2) is 8.42 Å². The molecule has 0 aliphatic carbocycles. The van der Waals surface area contributed by atoms with Gasteiger partial charge in [-0.2, -0.15) is 4.31 Å². The molecule has 0 aromatic heterocycles. The Morgan fingerprint density at radius 3 is 2.57 bits per heavy atom. The maximum atomic E-state index is 12.6. The molecule has 0 atom stereocenters. The Balaban J connectivity index is 2.14. The summed E-state index contributed by atoms with van der Waals surface area (Å²) in [6.07, 6.45) is 2.68. The summed E-state index contributed by atoms with van der Waals surface area (Å²) in [4.78, 5) is 0.213. The van der Waals surface area contributed by atoms with Gasteiger partial charge < -0.3 is 10.5 Å². The van der Waals surface area contributed by atoms with Crippen LogP contribution in [0.1, 0.15) is 19.3 Å². The maximum Gasteiger partial charge on any atom is 0.243 e. The first-order chi connectivity index (χ1) is 9.98. The van der Waals surface area contributed by atoms with Crippen LogP contribution in [0.25, 0.3) is 0 Å². The third-order valence-corrected chi connectivity index (χ3v) is 6.10. The Hall–Kier alpha value is -0.820. The Morgan fingerprint density at radius 1 is 1.38 bits per heavy atom. The van der Waals surface area contributed by atoms with E-state index in [1.807, 2.05) is 0 Å². The quantitative estimate of drug-likeness (QED) is 0.896. The summed E-state index contributed by atoms with van der Waals surface area (Å²) in [6.45, 7) is 1.73. The molecular formula is C14H21ClN2O3S. The van der Waals surface area contributed by atoms with Gasteiger partial charge in [0.05, 0.1) is 17.0 Å². The van der Waals surface area contributed by atoms with Gasteiger partial charge >= 0.3 is 0 Å². The number of ether oxygens (including phenoxy) is 1. The molecular weight excluding hydrogens is 312 g/mol. The number of piperidine rings is 1. The number of halogens is 1. The molecule has 1 heterocycles. The van der Waals surface area contributed by atoms with Crippen LogP contribution in [-0.2, 0) is 10.0 Å². The van der Waals surface area contributed by atoms with E-state index in [-0.39, 0.29) is 4.90 Å². The van der Waals surface area contributed by atoms with Gasteiger partial charge in [0.25, 0.3) is 0 Å². The SMILES string of the molecule is COc1ccc(S(=O)(=O)N2CCC(CCN)CC2)cc1Cl. The maximum absolute atomic E-state index is 12.6. The van der Waals surface area contributed by atoms with Crippen LogP contribution in [0.3, 0.4) is 0 Å². The summed E-state index contributed by atoms with van der Waals surface area (Å²) in [5.41, 5.74) is 5.56. The third-order valence-electron chi connectivity index (χ3n) is 3.91. The second-order valence-corrected chi connectivity index (χ2v) is 7.57. The fourth-order valence-electron chi connectivity index (χ4n) is 2.63. The van der Waals surface area contributed by atoms with Gasteiger partial charge in [0.2, 0.25) is 10.0 Å². The minimum atomic E-state index is -3.49. The second-order valence-electron chi connectivity index (χ2n) is 5.22. The van der Waals surface area contributed by atoms with Crippen LogP contribution >= 0.6 is 11.6 Å². The van der Waals surface area contributed by atoms with Gasteiger partial charge in [-0.1, -0.05) is 11.6 Å². The highest BCUT2D eigenvalue weighted by Crippen LogP contribution is 2.30. The average Bonchev–Trinajstić information content (AvgIpc) is 2.48. The summed E-state index contributed by atoms with van der Waals surface area (Å²) in [5, 5.41) is 0.302. The molecule has 0 saturated carbocycles. The Labute approximate surface area is 131 Å². The van der Waals surface area contributed by atoms with Crippen molar-refractivity contribution < 1.29 is 13.2 Å². The molecule has 0 unspecified atom stereocenters. The molecule has 2 N–H and O–H groups in total. The van der Waals surface area contributed by atoms with Gasteiger partial charge in [0, 0.05) is 13.1 Å². The van der Waals surface area contributed by atoms with Crippen molar-refractivity contribution in [2.75, 3.05) is 26.7 Å². The summed E-state index contributed by atoms with van der Waals surface area (Å²) in [6, 6.07) is 4.56. The topological polar surface area (TPSA) is 72.6 Å². The Bertz CT molecular complexity index is 584. The van der Waals surface area contributed by atoms with E-state index in [0.717, 1.165) is 19.3 Å². The van der Waals surface area contributed by atoms with E-state index in [2.05, 4.69) is 0 Å². The highest BCUT2D eigenvalue weighted by molar-refractivity contribution is 7.89. The van der Waals surface area contributed by atoms with Gasteiger partial charge in [-0.3, -0.25) is 0 Å². The lowest BCUT2D eigenvalue weighted by molar-refractivity contribution is 0.266. The van der Waals surface area contributed by atoms with Crippen molar-refractivity contribution in [2.45, 2.75) is 24.2 Å². The van der Waals surface area contributed by atoms with Crippen molar-refractivity contribution in [1.82, 2.24) is 4.31 Å². The molecule has 118 valence electrons. The van der Waals surface area contributed by atoms with Gasteiger partial charge in [0.1, 0.15) is 5.75 Å². The lowest BCUT2D eigenvalue weighted by atomic mass is 9.95. The monoisotopic (exact) mass is 332 g/mol. The molecule has 0 spiro atoms. The van der Waals surface area contributed by atoms with E-state index in [0.29, 0.717) is 36.3 Å². The first-order valence-corrected chi connectivity index (χ1v) is 8.84. The molecule has 1 aliphatic rings. The van der Waals surface area contributed by atoms with Gasteiger partial charge in [-0.15, -0.1) is 0 Å². The average molecular weight is 333 g/mol. The van der Waals surface area contributed by atoms with Crippen LogP contribution in [0.2, 0.25) is 5.02 Å². The van der Waals surface area contributed by atoms with Crippen molar-refractivity contribution in [1.29, 1.82) is 0 Å². The predicted molar refractivity (Wildman–Crippen MR) is 83.2 cm³/mol. The first kappa shape index (κ1) is 16.5. The Morgan fingerprint density at radius 2 is 2.05 bits per heavy atom. The number of methoxy groups -OCH3 is 1. The van der Waals surface area contributed by atoms with E-state index in [4.69, 9.17) is 22.1 Å². The molecule has 0 amide bonds. The van der Waals surface area contributed by atoms with E-state index in [1.54, 1.807) is 6.07 Å². The standard InChI is InChI=1S/C14H21ClN2O3S/c1-20-14-3-2-12(10-13(14)15)21(18,19)17-8-5-11(4-7-16)6-9-17/h2-3,10-11H,4-9,16H2,1H3. The van der Waals surface area contributed by atoms with Crippen LogP contribution in [0.15, 0.2) is 23.1 Å². The number of nitrogens with zero attached hydrogens (tertiary/aromatic N) is 1. The lowest BCUT2D eigenvalue weighted by Crippen LogP contribution is -2.38. The van der Waals surface area contributed by atoms with Crippen LogP contribution in [-0.4, -0.2) is 39.5 Å². The Kier molecular flexibility index (Phi) is 5.48. The van der Waals surface area contributed by atoms with Crippen molar-refractivity contribution in [3.05, 3.63) is 23.2 Å². The number of hydrogen-bond acceptors (Lipinski definition) is 4. The first-order valence-electron chi connectivity index (χ1n) is 7.02. The van der Waals surface area contributed by atoms with Crippen LogP contribution in [0, 0.1) is 5.92 Å². The molecule has 21 heavy (non-hydrogen) atoms. The third kappa shape index (κ3) is 3.69. The van der Waals surface area contributed by atoms with Gasteiger partial charge in [-0.05, 0) is 49.9 Å². The smallest absolute Gasteiger partial charge is 0.243 e. The number of hydrogen-bond donors (Lipinski definition) is 1. The molecule has 0 radical (unpaired) electrons. The number of nitrogens with two attached hydrogens (primary N) is 1. The molecule has 1 fully saturated rings. The second kappa shape index (κ2) is 6.96. The fraction of sp³-hybridized carbons (Fsp3) is 0.571. The minimum absolute atomic E-state index is 0.213. The molecule has 1 aliphatic heterocycles. The molecule has 1 aromatic carbocycles. The normalized spacial score (nSPS) is 17.9. The molecule has 7 heteroatoms. The molecule has 2 rings (SSSR count). The summed E-state index contributed by atoms with van der Waals surface area (Å²) >= 11 is 6.02. The predicted octanol–water partition coefficient (Wildman–Crippen LogP) is 2.10. The van der Waals surface area contributed by atoms with Gasteiger partial charge in [0.15, 0.2) is 0 Å². The number of rotatable bonds is 5. The van der Waals surface area contributed by atoms with Crippen molar-refractivity contribution >= 4 is 21.6 Å². The highest BCUT2D eigenvalue weighted by Gasteiger charge is 2.29. The molecule has 1 aromatic rings. The number of benzene rings is 1. The largest absolute Gasteiger partial charge is 0.495 e. The van der Waals surface area contributed by atoms with Crippen molar-refractivity contribution in [3.63, 3.8) is 0 Å². The zero-order valence-corrected chi connectivity index (χ0v) is 13.7. The molecule has 5 nitrogen and oxygen atoms in total. The zero-order valence-electron chi connectivity index (χ0n) is 12.1. The lowest BCUT2D eigenvalue weighted by Gasteiger charge is -2.31. The highest BCUT2D eigenvalue weighted by atomic mass is 35.5. The van der Waals surface area contributed by atoms with E-state index >= 15 is 0 Å². The fourth-order valence-corrected chi connectivity index (χ4v) is 4.45.